The average Bonchev–Trinajstić information content (AvgIpc) is 2.24. The van der Waals surface area contributed by atoms with Crippen LogP contribution in [0, 0.1) is 0 Å². The number of likely N-dealkylation sites (tertiary alicyclic amines) is 1. The first-order valence-corrected chi connectivity index (χ1v) is 5.53. The van der Waals surface area contributed by atoms with E-state index in [2.05, 4.69) is 0 Å². The van der Waals surface area contributed by atoms with Crippen LogP contribution < -0.4 is 5.73 Å². The highest BCUT2D eigenvalue weighted by molar-refractivity contribution is 5.76. The van der Waals surface area contributed by atoms with E-state index in [1.165, 1.54) is 0 Å². The van der Waals surface area contributed by atoms with Crippen molar-refractivity contribution in [2.75, 3.05) is 13.1 Å². The molecule has 94 valence electrons. The largest absolute Gasteiger partial charge is 0.408 e. The molecule has 1 amide bonds. The van der Waals surface area contributed by atoms with Gasteiger partial charge in [0, 0.05) is 13.0 Å². The summed E-state index contributed by atoms with van der Waals surface area (Å²) in [6.07, 6.45) is -2.54. The Morgan fingerprint density at radius 2 is 2.06 bits per heavy atom. The lowest BCUT2D eigenvalue weighted by molar-refractivity contribution is -0.196. The molecule has 1 aliphatic heterocycles. The molecule has 0 spiro atoms. The Morgan fingerprint density at radius 1 is 1.38 bits per heavy atom. The van der Waals surface area contributed by atoms with Crippen molar-refractivity contribution in [3.63, 3.8) is 0 Å². The van der Waals surface area contributed by atoms with Gasteiger partial charge in [0.05, 0.1) is 0 Å². The van der Waals surface area contributed by atoms with E-state index in [4.69, 9.17) is 5.73 Å². The van der Waals surface area contributed by atoms with Crippen LogP contribution >= 0.6 is 0 Å². The van der Waals surface area contributed by atoms with Crippen molar-refractivity contribution in [3.05, 3.63) is 0 Å². The molecule has 1 rings (SSSR count). The quantitative estimate of drug-likeness (QED) is 0.813. The van der Waals surface area contributed by atoms with Gasteiger partial charge in [0.2, 0.25) is 5.91 Å². The molecule has 16 heavy (non-hydrogen) atoms. The standard InChI is InChI=1S/C10H17F3N2O/c11-10(12,13)8-4-1-2-7-15(8)9(16)5-3-6-14/h8H,1-7,14H2/t8-/m1/s1. The molecule has 1 saturated heterocycles. The van der Waals surface area contributed by atoms with Crippen LogP contribution in [0.1, 0.15) is 32.1 Å². The Morgan fingerprint density at radius 3 is 2.62 bits per heavy atom. The zero-order valence-electron chi connectivity index (χ0n) is 9.09. The molecule has 0 aromatic heterocycles. The molecule has 1 aliphatic rings. The highest BCUT2D eigenvalue weighted by Gasteiger charge is 2.45. The van der Waals surface area contributed by atoms with Crippen molar-refractivity contribution < 1.29 is 18.0 Å². The third-order valence-corrected chi connectivity index (χ3v) is 2.80. The lowest BCUT2D eigenvalue weighted by atomic mass is 10.0. The van der Waals surface area contributed by atoms with Gasteiger partial charge in [-0.1, -0.05) is 0 Å². The summed E-state index contributed by atoms with van der Waals surface area (Å²) >= 11 is 0. The van der Waals surface area contributed by atoms with E-state index in [1.807, 2.05) is 0 Å². The smallest absolute Gasteiger partial charge is 0.331 e. The predicted molar refractivity (Wildman–Crippen MR) is 53.7 cm³/mol. The zero-order valence-corrected chi connectivity index (χ0v) is 9.09. The van der Waals surface area contributed by atoms with Crippen LogP contribution in [-0.2, 0) is 4.79 Å². The number of rotatable bonds is 3. The number of hydrogen-bond acceptors (Lipinski definition) is 2. The summed E-state index contributed by atoms with van der Waals surface area (Å²) in [5.74, 6) is -0.424. The predicted octanol–water partition coefficient (Wildman–Crippen LogP) is 1.67. The fraction of sp³-hybridized carbons (Fsp3) is 0.900. The number of halogens is 3. The number of alkyl halides is 3. The lowest BCUT2D eigenvalue weighted by Gasteiger charge is -2.36. The van der Waals surface area contributed by atoms with Gasteiger partial charge in [-0.2, -0.15) is 13.2 Å². The van der Waals surface area contributed by atoms with Gasteiger partial charge in [-0.3, -0.25) is 4.79 Å². The van der Waals surface area contributed by atoms with Crippen molar-refractivity contribution in [2.24, 2.45) is 5.73 Å². The Bertz CT molecular complexity index is 243. The molecule has 1 fully saturated rings. The zero-order chi connectivity index (χ0) is 12.2. The number of piperidine rings is 1. The van der Waals surface area contributed by atoms with Crippen LogP contribution in [-0.4, -0.2) is 36.1 Å². The number of carbonyl (C=O) groups excluding carboxylic acids is 1. The number of nitrogens with two attached hydrogens (primary N) is 1. The maximum absolute atomic E-state index is 12.7. The summed E-state index contributed by atoms with van der Waals surface area (Å²) in [4.78, 5) is 12.6. The second kappa shape index (κ2) is 5.52. The fourth-order valence-corrected chi connectivity index (χ4v) is 1.97. The fourth-order valence-electron chi connectivity index (χ4n) is 1.97. The molecular formula is C10H17F3N2O. The molecule has 0 aromatic rings. The highest BCUT2D eigenvalue weighted by Crippen LogP contribution is 2.32. The first-order chi connectivity index (χ1) is 7.46. The van der Waals surface area contributed by atoms with Gasteiger partial charge in [-0.05, 0) is 32.2 Å². The SMILES string of the molecule is NCCCC(=O)N1CCCC[C@@H]1C(F)(F)F. The molecule has 2 N–H and O–H groups in total. The van der Waals surface area contributed by atoms with Gasteiger partial charge in [0.1, 0.15) is 6.04 Å². The molecule has 0 unspecified atom stereocenters. The molecule has 1 atom stereocenters. The van der Waals surface area contributed by atoms with E-state index in [0.717, 1.165) is 4.90 Å². The topological polar surface area (TPSA) is 46.3 Å². The van der Waals surface area contributed by atoms with Gasteiger partial charge in [-0.15, -0.1) is 0 Å². The van der Waals surface area contributed by atoms with E-state index in [1.54, 1.807) is 0 Å². The van der Waals surface area contributed by atoms with Crippen molar-refractivity contribution in [3.8, 4) is 0 Å². The minimum Gasteiger partial charge on any atom is -0.331 e. The van der Waals surface area contributed by atoms with Crippen LogP contribution in [0.3, 0.4) is 0 Å². The van der Waals surface area contributed by atoms with Gasteiger partial charge >= 0.3 is 6.18 Å². The van der Waals surface area contributed by atoms with E-state index < -0.39 is 18.1 Å². The monoisotopic (exact) mass is 238 g/mol. The number of amides is 1. The summed E-state index contributed by atoms with van der Waals surface area (Å²) < 4.78 is 38.0. The normalized spacial score (nSPS) is 22.2. The third-order valence-electron chi connectivity index (χ3n) is 2.80. The molecule has 1 heterocycles. The van der Waals surface area contributed by atoms with E-state index >= 15 is 0 Å². The number of hydrogen-bond donors (Lipinski definition) is 1. The first-order valence-electron chi connectivity index (χ1n) is 5.53. The Labute approximate surface area is 92.8 Å². The van der Waals surface area contributed by atoms with Crippen molar-refractivity contribution in [2.45, 2.75) is 44.3 Å². The molecule has 0 aliphatic carbocycles. The Balaban J connectivity index is 2.63. The maximum Gasteiger partial charge on any atom is 0.408 e. The summed E-state index contributed by atoms with van der Waals surface area (Å²) in [6.45, 7) is 0.545. The molecule has 3 nitrogen and oxygen atoms in total. The minimum atomic E-state index is -4.31. The molecule has 0 saturated carbocycles. The second-order valence-corrected chi connectivity index (χ2v) is 4.03. The Kier molecular flexibility index (Phi) is 4.58. The average molecular weight is 238 g/mol. The van der Waals surface area contributed by atoms with Gasteiger partial charge in [0.15, 0.2) is 0 Å². The van der Waals surface area contributed by atoms with Crippen LogP contribution in [0.25, 0.3) is 0 Å². The number of carbonyl (C=O) groups is 1. The first kappa shape index (κ1) is 13.3. The minimum absolute atomic E-state index is 0.0257. The van der Waals surface area contributed by atoms with Crippen molar-refractivity contribution in [1.82, 2.24) is 4.90 Å². The summed E-state index contributed by atoms with van der Waals surface area (Å²) in [5.41, 5.74) is 5.23. The van der Waals surface area contributed by atoms with Crippen LogP contribution in [0.15, 0.2) is 0 Å². The van der Waals surface area contributed by atoms with Gasteiger partial charge in [-0.25, -0.2) is 0 Å². The van der Waals surface area contributed by atoms with E-state index in [-0.39, 0.29) is 19.4 Å². The third kappa shape index (κ3) is 3.37. The molecule has 0 radical (unpaired) electrons. The molecule has 0 bridgehead atoms. The molecular weight excluding hydrogens is 221 g/mol. The van der Waals surface area contributed by atoms with Crippen molar-refractivity contribution >= 4 is 5.91 Å². The van der Waals surface area contributed by atoms with Crippen molar-refractivity contribution in [1.29, 1.82) is 0 Å². The molecule has 6 heteroatoms. The van der Waals surface area contributed by atoms with Gasteiger partial charge < -0.3 is 10.6 Å². The van der Waals surface area contributed by atoms with E-state index in [0.29, 0.717) is 25.8 Å². The molecule has 0 aromatic carbocycles. The van der Waals surface area contributed by atoms with Crippen LogP contribution in [0.5, 0.6) is 0 Å². The summed E-state index contributed by atoms with van der Waals surface area (Å²) in [6, 6.07) is -1.59. The summed E-state index contributed by atoms with van der Waals surface area (Å²) in [5, 5.41) is 0. The Hall–Kier alpha value is -0.780. The van der Waals surface area contributed by atoms with Gasteiger partial charge in [0.25, 0.3) is 0 Å². The maximum atomic E-state index is 12.7. The number of nitrogens with zero attached hydrogens (tertiary/aromatic N) is 1. The summed E-state index contributed by atoms with van der Waals surface area (Å²) in [7, 11) is 0. The highest BCUT2D eigenvalue weighted by atomic mass is 19.4. The second-order valence-electron chi connectivity index (χ2n) is 4.03. The van der Waals surface area contributed by atoms with Crippen LogP contribution in [0.2, 0.25) is 0 Å². The lowest BCUT2D eigenvalue weighted by Crippen LogP contribution is -2.51. The van der Waals surface area contributed by atoms with Crippen LogP contribution in [0.4, 0.5) is 13.2 Å². The van der Waals surface area contributed by atoms with E-state index in [9.17, 15) is 18.0 Å².